The second-order valence-corrected chi connectivity index (χ2v) is 33.1. The molecule has 3 aliphatic heterocycles. The number of halogens is 1. The number of hydrogen-bond acceptors (Lipinski definition) is 13. The van der Waals surface area contributed by atoms with E-state index in [-0.39, 0.29) is 83.4 Å². The van der Waals surface area contributed by atoms with E-state index in [1.807, 2.05) is 176 Å². The standard InChI is InChI=1S/C102H102O13P.HI/c1-103-102-101(112-74-84-54-30-10-31-55-84)100(111-73-83-52-28-9-29-53-83)96(107-69-79-44-20-5-21-45-79)91(115-102)65-64-89-94(105-67-77-40-16-3-17-41-77)98(109-71-81-48-24-7-25-49-81)93(104-66-76-38-14-2-15-39-76)88(113-89)62-63-90-95(106-68-78-42-18-4-19-43-78)99(110-72-82-50-26-8-27-51-82)97(108-70-80-46-22-6-23-47-80)92(114-90)75-116(85-56-32-11-33-57-85,86-58-34-12-35-59-86)87-60-36-13-37-61-87;/h2-65,88-102H,66-75H2,1H3;1H/q+1;/p-1/b63-62-,65-64-;/t88-,89+,90+,91-,92-,93-,94+,95+,96-,97-,98+,99-,100+,101-,102+;/m1./s1. The Kier molecular flexibility index (Phi) is 31.7. The Hall–Kier alpha value is -9.24. The van der Waals surface area contributed by atoms with Crippen LogP contribution in [0, 0.1) is 0 Å². The Labute approximate surface area is 706 Å². The molecule has 3 saturated heterocycles. The summed E-state index contributed by atoms with van der Waals surface area (Å²) in [7, 11) is -1.05. The lowest BCUT2D eigenvalue weighted by Gasteiger charge is -2.47. The summed E-state index contributed by atoms with van der Waals surface area (Å²) in [6.07, 6.45) is -3.06. The summed E-state index contributed by atoms with van der Waals surface area (Å²) >= 11 is 0. The summed E-state index contributed by atoms with van der Waals surface area (Å²) in [4.78, 5) is 0. The summed E-state index contributed by atoms with van der Waals surface area (Å²) in [6, 6.07) is 125. The predicted molar refractivity (Wildman–Crippen MR) is 456 cm³/mol. The van der Waals surface area contributed by atoms with Gasteiger partial charge in [0.2, 0.25) is 0 Å². The van der Waals surface area contributed by atoms with Crippen LogP contribution in [0.1, 0.15) is 50.1 Å². The molecule has 117 heavy (non-hydrogen) atoms. The van der Waals surface area contributed by atoms with Gasteiger partial charge in [0.15, 0.2) is 6.29 Å². The molecular formula is C102H102IO13P. The molecule has 0 aliphatic carbocycles. The molecule has 15 rings (SSSR count). The maximum Gasteiger partial charge on any atom is 0.186 e. The Bertz CT molecular complexity index is 4740. The molecule has 0 amide bonds. The summed E-state index contributed by atoms with van der Waals surface area (Å²) in [6.45, 7) is 2.20. The fourth-order valence-corrected chi connectivity index (χ4v) is 20.2. The quantitative estimate of drug-likeness (QED) is 0.0209. The molecule has 600 valence electrons. The molecule has 3 heterocycles. The third-order valence-electron chi connectivity index (χ3n) is 21.6. The lowest BCUT2D eigenvalue weighted by molar-refractivity contribution is -0.309. The molecule has 13 nitrogen and oxygen atoms in total. The molecular weight excluding hydrogens is 1590 g/mol. The van der Waals surface area contributed by atoms with Gasteiger partial charge in [-0.3, -0.25) is 0 Å². The van der Waals surface area contributed by atoms with Gasteiger partial charge in [-0.15, -0.1) is 0 Å². The third-order valence-corrected chi connectivity index (χ3v) is 26.1. The molecule has 0 unspecified atom stereocenters. The van der Waals surface area contributed by atoms with Crippen LogP contribution in [-0.4, -0.2) is 105 Å². The van der Waals surface area contributed by atoms with Crippen molar-refractivity contribution >= 4 is 23.2 Å². The second-order valence-electron chi connectivity index (χ2n) is 29.5. The monoisotopic (exact) mass is 1690 g/mol. The highest BCUT2D eigenvalue weighted by Crippen LogP contribution is 2.57. The minimum Gasteiger partial charge on any atom is -1.00 e. The highest BCUT2D eigenvalue weighted by atomic mass is 127. The van der Waals surface area contributed by atoms with Crippen LogP contribution in [0.2, 0.25) is 0 Å². The third kappa shape index (κ3) is 22.8. The van der Waals surface area contributed by atoms with E-state index >= 15 is 0 Å². The van der Waals surface area contributed by atoms with Crippen molar-refractivity contribution in [1.29, 1.82) is 0 Å². The van der Waals surface area contributed by atoms with Crippen molar-refractivity contribution < 1.29 is 85.6 Å². The molecule has 12 aromatic carbocycles. The topological polar surface area (TPSA) is 120 Å². The van der Waals surface area contributed by atoms with Crippen LogP contribution in [0.15, 0.2) is 388 Å². The average molecular weight is 1690 g/mol. The van der Waals surface area contributed by atoms with Gasteiger partial charge in [0, 0.05) is 7.11 Å². The predicted octanol–water partition coefficient (Wildman–Crippen LogP) is 15.3. The molecule has 15 atom stereocenters. The molecule has 0 radical (unpaired) electrons. The number of hydrogen-bond donors (Lipinski definition) is 0. The molecule has 0 spiro atoms. The van der Waals surface area contributed by atoms with Gasteiger partial charge in [0.1, 0.15) is 115 Å². The van der Waals surface area contributed by atoms with E-state index < -0.39 is 99.0 Å². The first kappa shape index (κ1) is 84.2. The van der Waals surface area contributed by atoms with E-state index in [0.29, 0.717) is 6.16 Å². The number of rotatable bonds is 37. The number of methoxy groups -OCH3 is 1. The van der Waals surface area contributed by atoms with Crippen molar-refractivity contribution in [3.8, 4) is 0 Å². The van der Waals surface area contributed by atoms with E-state index in [0.717, 1.165) is 50.1 Å². The van der Waals surface area contributed by atoms with Gasteiger partial charge in [-0.2, -0.15) is 0 Å². The minimum atomic E-state index is -2.69. The van der Waals surface area contributed by atoms with Gasteiger partial charge >= 0.3 is 0 Å². The first-order chi connectivity index (χ1) is 57.5. The van der Waals surface area contributed by atoms with Crippen molar-refractivity contribution in [2.45, 2.75) is 151 Å². The van der Waals surface area contributed by atoms with E-state index in [2.05, 4.69) is 212 Å². The summed E-state index contributed by atoms with van der Waals surface area (Å²) < 4.78 is 95.9. The van der Waals surface area contributed by atoms with Gasteiger partial charge in [-0.05, 0) is 86.5 Å². The molecule has 12 aromatic rings. The van der Waals surface area contributed by atoms with Gasteiger partial charge in [-0.25, -0.2) is 0 Å². The Morgan fingerprint density at radius 2 is 0.410 bits per heavy atom. The molecule has 0 aromatic heterocycles. The summed E-state index contributed by atoms with van der Waals surface area (Å²) in [5.74, 6) is 0. The van der Waals surface area contributed by atoms with E-state index in [1.54, 1.807) is 7.11 Å². The van der Waals surface area contributed by atoms with E-state index in [1.165, 1.54) is 15.9 Å². The smallest absolute Gasteiger partial charge is 0.186 e. The van der Waals surface area contributed by atoms with Crippen molar-refractivity contribution in [3.63, 3.8) is 0 Å². The van der Waals surface area contributed by atoms with Gasteiger partial charge < -0.3 is 85.6 Å². The van der Waals surface area contributed by atoms with Crippen LogP contribution in [0.4, 0.5) is 0 Å². The van der Waals surface area contributed by atoms with Gasteiger partial charge in [-0.1, -0.05) is 352 Å². The van der Waals surface area contributed by atoms with Crippen LogP contribution in [0.5, 0.6) is 0 Å². The molecule has 0 bridgehead atoms. The van der Waals surface area contributed by atoms with Crippen molar-refractivity contribution in [3.05, 3.63) is 438 Å². The van der Waals surface area contributed by atoms with E-state index in [9.17, 15) is 0 Å². The normalized spacial score (nSPS) is 23.4. The Balaban J connectivity index is 0.0000113. The zero-order chi connectivity index (χ0) is 78.6. The zero-order valence-corrected chi connectivity index (χ0v) is 68.9. The highest BCUT2D eigenvalue weighted by molar-refractivity contribution is 7.95. The fraction of sp³-hybridized carbons (Fsp3) is 0.255. The second kappa shape index (κ2) is 44.0. The van der Waals surface area contributed by atoms with E-state index in [4.69, 9.17) is 61.6 Å². The van der Waals surface area contributed by atoms with Crippen LogP contribution in [0.25, 0.3) is 0 Å². The maximum absolute atomic E-state index is 8.12. The number of ether oxygens (including phenoxy) is 13. The SMILES string of the molecule is CO[C@H]1O[C@H](/C=C\[C@@H]2O[C@H](/C=C\[C@@H]3O[C@H](C[P+](c4ccccc4)(c4ccccc4)c4ccccc4)[C@@H](OCc4ccccc4)[C@H](OCc4ccccc4)[C@H]3OCc3ccccc3)[C@@H](OCc3ccccc3)[C@H](OCc3ccccc3)[C@H]2OCc2ccccc2)[C@@H](OCc2ccccc2)[C@H](OCc2ccccc2)[C@H]1OCc1ccccc1.[I-]. The van der Waals surface area contributed by atoms with Crippen LogP contribution >= 0.6 is 7.26 Å². The lowest BCUT2D eigenvalue weighted by Crippen LogP contribution is -3.00. The average Bonchev–Trinajstić information content (AvgIpc) is 0.739. The summed E-state index contributed by atoms with van der Waals surface area (Å²) in [5.41, 5.74) is 8.85. The van der Waals surface area contributed by atoms with Crippen LogP contribution in [-0.2, 0) is 121 Å². The Morgan fingerprint density at radius 1 is 0.222 bits per heavy atom. The Morgan fingerprint density at radius 3 is 0.658 bits per heavy atom. The van der Waals surface area contributed by atoms with Crippen molar-refractivity contribution in [1.82, 2.24) is 0 Å². The summed E-state index contributed by atoms with van der Waals surface area (Å²) in [5, 5.41) is 3.61. The van der Waals surface area contributed by atoms with Gasteiger partial charge in [0.25, 0.3) is 0 Å². The van der Waals surface area contributed by atoms with Crippen LogP contribution in [0.3, 0.4) is 0 Å². The van der Waals surface area contributed by atoms with Gasteiger partial charge in [0.05, 0.1) is 59.5 Å². The fourth-order valence-electron chi connectivity index (χ4n) is 15.8. The lowest BCUT2D eigenvalue weighted by atomic mass is 9.90. The highest BCUT2D eigenvalue weighted by Gasteiger charge is 2.56. The molecule has 0 saturated carbocycles. The first-order valence-electron chi connectivity index (χ1n) is 40.3. The minimum absolute atomic E-state index is 0. The number of benzene rings is 12. The van der Waals surface area contributed by atoms with Crippen LogP contribution < -0.4 is 39.9 Å². The molecule has 15 heteroatoms. The first-order valence-corrected chi connectivity index (χ1v) is 42.3. The van der Waals surface area contributed by atoms with Crippen molar-refractivity contribution in [2.75, 3.05) is 13.3 Å². The zero-order valence-electron chi connectivity index (χ0n) is 65.8. The molecule has 3 aliphatic rings. The molecule has 3 fully saturated rings. The maximum atomic E-state index is 8.12. The van der Waals surface area contributed by atoms with Crippen molar-refractivity contribution in [2.24, 2.45) is 0 Å². The molecule has 0 N–H and O–H groups in total. The largest absolute Gasteiger partial charge is 1.00 e.